The molecule has 0 aromatic heterocycles. The summed E-state index contributed by atoms with van der Waals surface area (Å²) in [5.74, 6) is 1.24. The van der Waals surface area contributed by atoms with E-state index in [1.165, 1.54) is 12.3 Å². The molecule has 0 aliphatic carbocycles. The first kappa shape index (κ1) is 30.1. The van der Waals surface area contributed by atoms with Crippen LogP contribution in [0.5, 0.6) is 17.2 Å². The number of carbonyl (C=O) groups is 1. The van der Waals surface area contributed by atoms with E-state index in [9.17, 15) is 4.79 Å². The highest BCUT2D eigenvalue weighted by Gasteiger charge is 2.11. The SMILES string of the molecule is C=CC(=O)OCCCOc1ccc(-c2ccc(-c3ccc(OCc4ccc(OCCC)cc4)c(C=N)c3)cc2F)cc1. The molecule has 0 bridgehead atoms. The van der Waals surface area contributed by atoms with Crippen LogP contribution in [0.2, 0.25) is 0 Å². The second-order valence-electron chi connectivity index (χ2n) is 9.47. The maximum Gasteiger partial charge on any atom is 0.330 e. The summed E-state index contributed by atoms with van der Waals surface area (Å²) < 4.78 is 37.4. The molecule has 0 saturated heterocycles. The van der Waals surface area contributed by atoms with Crippen LogP contribution in [0.4, 0.5) is 4.39 Å². The van der Waals surface area contributed by atoms with Gasteiger partial charge in [0.2, 0.25) is 0 Å². The van der Waals surface area contributed by atoms with Crippen molar-refractivity contribution in [1.82, 2.24) is 0 Å². The smallest absolute Gasteiger partial charge is 0.330 e. The molecule has 4 aromatic carbocycles. The number of ether oxygens (including phenoxy) is 4. The average molecular weight is 568 g/mol. The van der Waals surface area contributed by atoms with E-state index in [0.29, 0.717) is 54.4 Å². The Labute approximate surface area is 245 Å². The predicted molar refractivity (Wildman–Crippen MR) is 163 cm³/mol. The Morgan fingerprint density at radius 2 is 1.45 bits per heavy atom. The molecule has 7 heteroatoms. The van der Waals surface area contributed by atoms with Crippen LogP contribution in [-0.4, -0.2) is 32.0 Å². The van der Waals surface area contributed by atoms with Crippen LogP contribution >= 0.6 is 0 Å². The Hall–Kier alpha value is -4.91. The molecule has 0 fully saturated rings. The molecule has 0 spiro atoms. The van der Waals surface area contributed by atoms with Crippen LogP contribution in [0, 0.1) is 11.2 Å². The summed E-state index contributed by atoms with van der Waals surface area (Å²) in [5, 5.41) is 7.88. The van der Waals surface area contributed by atoms with E-state index >= 15 is 4.39 Å². The van der Waals surface area contributed by atoms with Gasteiger partial charge in [-0.15, -0.1) is 0 Å². The van der Waals surface area contributed by atoms with Crippen LogP contribution < -0.4 is 14.2 Å². The number of hydrogen-bond donors (Lipinski definition) is 1. The number of benzene rings is 4. The zero-order valence-corrected chi connectivity index (χ0v) is 23.6. The van der Waals surface area contributed by atoms with Crippen molar-refractivity contribution in [2.24, 2.45) is 0 Å². The van der Waals surface area contributed by atoms with Gasteiger partial charge >= 0.3 is 5.97 Å². The fourth-order valence-corrected chi connectivity index (χ4v) is 4.18. The minimum Gasteiger partial charge on any atom is -0.494 e. The first-order valence-electron chi connectivity index (χ1n) is 13.8. The highest BCUT2D eigenvalue weighted by Crippen LogP contribution is 2.31. The molecule has 0 aliphatic rings. The molecule has 4 aromatic rings. The van der Waals surface area contributed by atoms with E-state index in [1.807, 2.05) is 48.5 Å². The van der Waals surface area contributed by atoms with Crippen LogP contribution in [0.25, 0.3) is 22.3 Å². The van der Waals surface area contributed by atoms with Crippen molar-refractivity contribution in [1.29, 1.82) is 5.41 Å². The summed E-state index contributed by atoms with van der Waals surface area (Å²) in [7, 11) is 0. The van der Waals surface area contributed by atoms with E-state index in [4.69, 9.17) is 24.4 Å². The van der Waals surface area contributed by atoms with Crippen molar-refractivity contribution in [3.05, 3.63) is 115 Å². The van der Waals surface area contributed by atoms with E-state index in [1.54, 1.807) is 30.3 Å². The molecule has 0 amide bonds. The standard InChI is InChI=1S/C35H34FNO5/c1-3-18-39-30-12-6-25(7-13-30)24-42-34-17-11-27(21-29(34)23-37)28-10-16-32(33(36)22-28)26-8-14-31(15-9-26)40-19-5-20-41-35(38)4-2/h4,6-17,21-23,37H,2-3,5,18-20,24H2,1H3. The molecule has 0 heterocycles. The Morgan fingerprint density at radius 3 is 2.12 bits per heavy atom. The van der Waals surface area contributed by atoms with Gasteiger partial charge in [0, 0.05) is 29.8 Å². The number of halogens is 1. The largest absolute Gasteiger partial charge is 0.494 e. The minimum absolute atomic E-state index is 0.251. The van der Waals surface area contributed by atoms with Gasteiger partial charge in [-0.25, -0.2) is 9.18 Å². The van der Waals surface area contributed by atoms with Crippen LogP contribution in [0.1, 0.15) is 30.9 Å². The molecule has 0 radical (unpaired) electrons. The number of esters is 1. The summed E-state index contributed by atoms with van der Waals surface area (Å²) in [6.45, 7) is 7.09. The van der Waals surface area contributed by atoms with E-state index < -0.39 is 5.97 Å². The lowest BCUT2D eigenvalue weighted by atomic mass is 9.98. The van der Waals surface area contributed by atoms with Crippen molar-refractivity contribution in [2.45, 2.75) is 26.4 Å². The van der Waals surface area contributed by atoms with E-state index in [2.05, 4.69) is 13.5 Å². The molecule has 216 valence electrons. The second kappa shape index (κ2) is 15.2. The van der Waals surface area contributed by atoms with Gasteiger partial charge in [-0.1, -0.05) is 56.0 Å². The quantitative estimate of drug-likeness (QED) is 0.0681. The lowest BCUT2D eigenvalue weighted by Gasteiger charge is -2.13. The molecule has 0 atom stereocenters. The summed E-state index contributed by atoms with van der Waals surface area (Å²) >= 11 is 0. The highest BCUT2D eigenvalue weighted by atomic mass is 19.1. The fraction of sp³-hybridized carbons (Fsp3) is 0.200. The van der Waals surface area contributed by atoms with Gasteiger partial charge in [-0.3, -0.25) is 0 Å². The second-order valence-corrected chi connectivity index (χ2v) is 9.47. The third-order valence-electron chi connectivity index (χ3n) is 6.39. The average Bonchev–Trinajstić information content (AvgIpc) is 3.03. The lowest BCUT2D eigenvalue weighted by molar-refractivity contribution is -0.137. The highest BCUT2D eigenvalue weighted by molar-refractivity contribution is 5.85. The Morgan fingerprint density at radius 1 is 0.810 bits per heavy atom. The van der Waals surface area contributed by atoms with Crippen molar-refractivity contribution >= 4 is 12.2 Å². The monoisotopic (exact) mass is 567 g/mol. The zero-order chi connectivity index (χ0) is 29.7. The van der Waals surface area contributed by atoms with Crippen molar-refractivity contribution in [2.75, 3.05) is 19.8 Å². The van der Waals surface area contributed by atoms with Gasteiger partial charge in [0.25, 0.3) is 0 Å². The van der Waals surface area contributed by atoms with Crippen LogP contribution in [0.3, 0.4) is 0 Å². The third-order valence-corrected chi connectivity index (χ3v) is 6.39. The van der Waals surface area contributed by atoms with Gasteiger partial charge in [0.05, 0.1) is 19.8 Å². The summed E-state index contributed by atoms with van der Waals surface area (Å²) in [4.78, 5) is 11.1. The molecule has 6 nitrogen and oxygen atoms in total. The summed E-state index contributed by atoms with van der Waals surface area (Å²) in [6, 6.07) is 25.5. The Balaban J connectivity index is 1.37. The Kier molecular flexibility index (Phi) is 10.9. The first-order chi connectivity index (χ1) is 20.5. The molecule has 42 heavy (non-hydrogen) atoms. The van der Waals surface area contributed by atoms with Crippen molar-refractivity contribution < 1.29 is 28.1 Å². The number of nitrogens with one attached hydrogen (secondary N) is 1. The first-order valence-corrected chi connectivity index (χ1v) is 13.8. The molecule has 0 aliphatic heterocycles. The summed E-state index contributed by atoms with van der Waals surface area (Å²) in [5.41, 5.74) is 4.27. The molecule has 0 saturated carbocycles. The maximum atomic E-state index is 15.2. The predicted octanol–water partition coefficient (Wildman–Crippen LogP) is 8.02. The van der Waals surface area contributed by atoms with Gasteiger partial charge in [0.1, 0.15) is 29.7 Å². The van der Waals surface area contributed by atoms with Gasteiger partial charge in [0.15, 0.2) is 0 Å². The Bertz CT molecular complexity index is 1500. The fourth-order valence-electron chi connectivity index (χ4n) is 4.18. The van der Waals surface area contributed by atoms with Crippen molar-refractivity contribution in [3.8, 4) is 39.5 Å². The number of hydrogen-bond acceptors (Lipinski definition) is 6. The molecule has 4 rings (SSSR count). The van der Waals surface area contributed by atoms with Gasteiger partial charge in [-0.05, 0) is 71.1 Å². The van der Waals surface area contributed by atoms with Crippen LogP contribution in [-0.2, 0) is 16.1 Å². The van der Waals surface area contributed by atoms with E-state index in [0.717, 1.165) is 34.9 Å². The molecule has 0 unspecified atom stereocenters. The van der Waals surface area contributed by atoms with Crippen LogP contribution in [0.15, 0.2) is 97.6 Å². The van der Waals surface area contributed by atoms with Crippen molar-refractivity contribution in [3.63, 3.8) is 0 Å². The van der Waals surface area contributed by atoms with Gasteiger partial charge < -0.3 is 24.4 Å². The molecular weight excluding hydrogens is 533 g/mol. The minimum atomic E-state index is -0.458. The third kappa shape index (κ3) is 8.30. The molecule has 1 N–H and O–H groups in total. The maximum absolute atomic E-state index is 15.2. The lowest BCUT2D eigenvalue weighted by Crippen LogP contribution is -2.06. The number of carbonyl (C=O) groups excluding carboxylic acids is 1. The summed E-state index contributed by atoms with van der Waals surface area (Å²) in [6.07, 6.45) is 3.86. The molecular formula is C35H34FNO5. The van der Waals surface area contributed by atoms with E-state index in [-0.39, 0.29) is 12.4 Å². The zero-order valence-electron chi connectivity index (χ0n) is 23.6. The number of rotatable bonds is 15. The van der Waals surface area contributed by atoms with Gasteiger partial charge in [-0.2, -0.15) is 0 Å². The topological polar surface area (TPSA) is 77.8 Å². The normalized spacial score (nSPS) is 10.5.